The molecule has 0 unspecified atom stereocenters. The molecule has 1 saturated heterocycles. The number of carbonyl (C=O) groups excluding carboxylic acids is 2. The zero-order chi connectivity index (χ0) is 23.6. The van der Waals surface area contributed by atoms with Crippen molar-refractivity contribution in [1.82, 2.24) is 20.0 Å². The van der Waals surface area contributed by atoms with Crippen molar-refractivity contribution in [3.8, 4) is 5.69 Å². The van der Waals surface area contributed by atoms with Gasteiger partial charge in [0.2, 0.25) is 5.91 Å². The molecule has 1 aromatic carbocycles. The maximum absolute atomic E-state index is 13.9. The third-order valence-corrected chi connectivity index (χ3v) is 5.72. The van der Waals surface area contributed by atoms with Gasteiger partial charge in [0, 0.05) is 19.0 Å². The van der Waals surface area contributed by atoms with Crippen molar-refractivity contribution < 1.29 is 27.2 Å². The molecule has 0 aliphatic carbocycles. The van der Waals surface area contributed by atoms with Crippen molar-refractivity contribution in [1.29, 1.82) is 0 Å². The highest BCUT2D eigenvalue weighted by Crippen LogP contribution is 2.34. The molecule has 10 heteroatoms. The number of amides is 2. The van der Waals surface area contributed by atoms with Gasteiger partial charge < -0.3 is 14.6 Å². The molecule has 33 heavy (non-hydrogen) atoms. The molecule has 0 bridgehead atoms. The van der Waals surface area contributed by atoms with E-state index in [0.29, 0.717) is 18.6 Å². The van der Waals surface area contributed by atoms with Gasteiger partial charge in [-0.15, -0.1) is 0 Å². The number of nitrogens with zero attached hydrogens (tertiary/aromatic N) is 3. The number of likely N-dealkylation sites (tertiary alicyclic amines) is 1. The summed E-state index contributed by atoms with van der Waals surface area (Å²) in [6.45, 7) is 2.46. The predicted octanol–water partition coefficient (Wildman–Crippen LogP) is 3.96. The summed E-state index contributed by atoms with van der Waals surface area (Å²) in [5.41, 5.74) is -0.482. The van der Waals surface area contributed by atoms with Crippen LogP contribution in [0.15, 0.2) is 53.3 Å². The summed E-state index contributed by atoms with van der Waals surface area (Å²) < 4.78 is 47.7. The topological polar surface area (TPSA) is 80.4 Å². The Morgan fingerprint density at radius 2 is 1.85 bits per heavy atom. The number of nitrogens with one attached hydrogen (secondary N) is 1. The number of benzene rings is 1. The summed E-state index contributed by atoms with van der Waals surface area (Å²) in [6.07, 6.45) is -1.56. The molecule has 1 fully saturated rings. The van der Waals surface area contributed by atoms with Crippen molar-refractivity contribution in [3.63, 3.8) is 0 Å². The highest BCUT2D eigenvalue weighted by atomic mass is 19.4. The Labute approximate surface area is 188 Å². The molecular formula is C23H23F3N4O3. The molecule has 0 atom stereocenters. The molecular weight excluding hydrogens is 437 g/mol. The lowest BCUT2D eigenvalue weighted by atomic mass is 9.95. The fraction of sp³-hybridized carbons (Fsp3) is 0.348. The van der Waals surface area contributed by atoms with E-state index in [1.165, 1.54) is 23.3 Å². The van der Waals surface area contributed by atoms with Crippen LogP contribution in [0.3, 0.4) is 0 Å². The van der Waals surface area contributed by atoms with Crippen LogP contribution in [0.5, 0.6) is 0 Å². The Morgan fingerprint density at radius 1 is 1.15 bits per heavy atom. The molecule has 174 valence electrons. The zero-order valence-electron chi connectivity index (χ0n) is 17.9. The summed E-state index contributed by atoms with van der Waals surface area (Å²) in [4.78, 5) is 26.7. The van der Waals surface area contributed by atoms with Crippen LogP contribution in [0.4, 0.5) is 13.2 Å². The average Bonchev–Trinajstić information content (AvgIpc) is 3.47. The number of rotatable bonds is 5. The fourth-order valence-corrected chi connectivity index (χ4v) is 3.91. The minimum atomic E-state index is -4.77. The second kappa shape index (κ2) is 9.13. The molecule has 2 aromatic heterocycles. The zero-order valence-corrected chi connectivity index (χ0v) is 17.9. The molecule has 7 nitrogen and oxygen atoms in total. The maximum Gasteiger partial charge on any atom is 0.434 e. The number of aryl methyl sites for hydroxylation is 1. The lowest BCUT2D eigenvalue weighted by molar-refractivity contribution is -0.143. The Hall–Kier alpha value is -3.56. The van der Waals surface area contributed by atoms with Crippen LogP contribution in [0.1, 0.15) is 40.2 Å². The van der Waals surface area contributed by atoms with E-state index >= 15 is 0 Å². The summed E-state index contributed by atoms with van der Waals surface area (Å²) >= 11 is 0. The number of hydrogen-bond donors (Lipinski definition) is 1. The molecule has 1 aliphatic heterocycles. The predicted molar refractivity (Wildman–Crippen MR) is 112 cm³/mol. The molecule has 3 aromatic rings. The summed E-state index contributed by atoms with van der Waals surface area (Å²) in [6, 6.07) is 9.89. The van der Waals surface area contributed by atoms with Crippen molar-refractivity contribution in [2.75, 3.05) is 13.1 Å². The van der Waals surface area contributed by atoms with Gasteiger partial charge in [0.1, 0.15) is 5.76 Å². The average molecular weight is 460 g/mol. The van der Waals surface area contributed by atoms with Crippen molar-refractivity contribution in [2.45, 2.75) is 32.5 Å². The molecule has 1 N–H and O–H groups in total. The van der Waals surface area contributed by atoms with E-state index in [-0.39, 0.29) is 37.1 Å². The SMILES string of the molecule is Cc1ccc(-n2ncc(C(=O)N3CCC(C(=O)NCc4ccco4)CC3)c2C(F)(F)F)cc1. The first-order valence-corrected chi connectivity index (χ1v) is 10.6. The maximum atomic E-state index is 13.9. The van der Waals surface area contributed by atoms with Gasteiger partial charge in [-0.05, 0) is 44.0 Å². The summed E-state index contributed by atoms with van der Waals surface area (Å²) in [7, 11) is 0. The quantitative estimate of drug-likeness (QED) is 0.625. The number of alkyl halides is 3. The number of carbonyl (C=O) groups is 2. The summed E-state index contributed by atoms with van der Waals surface area (Å²) in [5, 5.41) is 6.65. The highest BCUT2D eigenvalue weighted by Gasteiger charge is 2.42. The largest absolute Gasteiger partial charge is 0.467 e. The highest BCUT2D eigenvalue weighted by molar-refractivity contribution is 5.95. The molecule has 2 amide bonds. The van der Waals surface area contributed by atoms with E-state index in [4.69, 9.17) is 4.42 Å². The molecule has 0 spiro atoms. The Balaban J connectivity index is 1.45. The van der Waals surface area contributed by atoms with Crippen molar-refractivity contribution in [2.24, 2.45) is 5.92 Å². The second-order valence-electron chi connectivity index (χ2n) is 8.02. The number of furan rings is 1. The molecule has 1 aliphatic rings. The van der Waals surface area contributed by atoms with Crippen LogP contribution in [-0.2, 0) is 17.5 Å². The Morgan fingerprint density at radius 3 is 2.45 bits per heavy atom. The third-order valence-electron chi connectivity index (χ3n) is 5.72. The Bertz CT molecular complexity index is 1110. The van der Waals surface area contributed by atoms with Gasteiger partial charge in [0.05, 0.1) is 30.3 Å². The van der Waals surface area contributed by atoms with Gasteiger partial charge in [-0.25, -0.2) is 4.68 Å². The fourth-order valence-electron chi connectivity index (χ4n) is 3.91. The first-order chi connectivity index (χ1) is 15.7. The third kappa shape index (κ3) is 4.94. The van der Waals surface area contributed by atoms with Gasteiger partial charge in [-0.2, -0.15) is 18.3 Å². The van der Waals surface area contributed by atoms with Gasteiger partial charge in [0.15, 0.2) is 5.69 Å². The van der Waals surface area contributed by atoms with E-state index in [2.05, 4.69) is 10.4 Å². The molecule has 4 rings (SSSR count). The van der Waals surface area contributed by atoms with Crippen LogP contribution < -0.4 is 5.32 Å². The standard InChI is InChI=1S/C23H23F3N4O3/c1-15-4-6-17(7-5-15)30-20(23(24,25)26)19(14-28-30)22(32)29-10-8-16(9-11-29)21(31)27-13-18-3-2-12-33-18/h2-7,12,14,16H,8-11,13H2,1H3,(H,27,31). The molecule has 0 radical (unpaired) electrons. The van der Waals surface area contributed by atoms with Crippen LogP contribution in [0.25, 0.3) is 5.69 Å². The van der Waals surface area contributed by atoms with Crippen molar-refractivity contribution in [3.05, 3.63) is 71.4 Å². The summed E-state index contributed by atoms with van der Waals surface area (Å²) in [5.74, 6) is -0.598. The smallest absolute Gasteiger partial charge is 0.434 e. The van der Waals surface area contributed by atoms with E-state index in [9.17, 15) is 22.8 Å². The monoisotopic (exact) mass is 460 g/mol. The lowest BCUT2D eigenvalue weighted by Gasteiger charge is -2.31. The number of aromatic nitrogens is 2. The molecule has 0 saturated carbocycles. The second-order valence-corrected chi connectivity index (χ2v) is 8.02. The van der Waals surface area contributed by atoms with Gasteiger partial charge >= 0.3 is 6.18 Å². The first-order valence-electron chi connectivity index (χ1n) is 10.6. The lowest BCUT2D eigenvalue weighted by Crippen LogP contribution is -2.43. The number of halogens is 3. The van der Waals surface area contributed by atoms with Crippen LogP contribution in [-0.4, -0.2) is 39.6 Å². The van der Waals surface area contributed by atoms with E-state index in [1.54, 1.807) is 24.3 Å². The normalized spacial score (nSPS) is 15.0. The minimum absolute atomic E-state index is 0.165. The first kappa shape index (κ1) is 22.6. The van der Waals surface area contributed by atoms with Gasteiger partial charge in [0.25, 0.3) is 5.91 Å². The van der Waals surface area contributed by atoms with Crippen LogP contribution in [0, 0.1) is 12.8 Å². The van der Waals surface area contributed by atoms with Crippen LogP contribution in [0.2, 0.25) is 0 Å². The van der Waals surface area contributed by atoms with E-state index < -0.39 is 23.3 Å². The van der Waals surface area contributed by atoms with E-state index in [1.807, 2.05) is 6.92 Å². The van der Waals surface area contributed by atoms with Crippen LogP contribution >= 0.6 is 0 Å². The number of hydrogen-bond acceptors (Lipinski definition) is 4. The van der Waals surface area contributed by atoms with Gasteiger partial charge in [-0.3, -0.25) is 9.59 Å². The number of piperidine rings is 1. The van der Waals surface area contributed by atoms with Crippen molar-refractivity contribution >= 4 is 11.8 Å². The van der Waals surface area contributed by atoms with Gasteiger partial charge in [-0.1, -0.05) is 17.7 Å². The Kier molecular flexibility index (Phi) is 6.26. The minimum Gasteiger partial charge on any atom is -0.467 e. The molecule has 3 heterocycles. The van der Waals surface area contributed by atoms with E-state index in [0.717, 1.165) is 16.4 Å².